The smallest absolute Gasteiger partial charge is 0.320 e. The summed E-state index contributed by atoms with van der Waals surface area (Å²) in [5.74, 6) is 0. The summed E-state index contributed by atoms with van der Waals surface area (Å²) < 4.78 is 0. The van der Waals surface area contributed by atoms with Crippen molar-refractivity contribution in [2.24, 2.45) is 0 Å². The molecule has 22 heavy (non-hydrogen) atoms. The molecule has 3 nitrogen and oxygen atoms in total. The van der Waals surface area contributed by atoms with Crippen molar-refractivity contribution in [3.8, 4) is 0 Å². The molecule has 0 bridgehead atoms. The highest BCUT2D eigenvalue weighted by Crippen LogP contribution is 2.22. The number of nitrogens with one attached hydrogen (secondary N) is 1. The highest BCUT2D eigenvalue weighted by atomic mass is 16.2. The fourth-order valence-electron chi connectivity index (χ4n) is 2.69. The van der Waals surface area contributed by atoms with Crippen molar-refractivity contribution in [2.45, 2.75) is 13.3 Å². The molecule has 0 radical (unpaired) electrons. The van der Waals surface area contributed by atoms with Gasteiger partial charge in [0, 0.05) is 18.8 Å². The summed E-state index contributed by atoms with van der Waals surface area (Å²) in [6, 6.07) is 18.2. The fourth-order valence-corrected chi connectivity index (χ4v) is 2.69. The number of rotatable bonds is 2. The van der Waals surface area contributed by atoms with Crippen molar-refractivity contribution in [2.75, 3.05) is 18.4 Å². The van der Waals surface area contributed by atoms with Gasteiger partial charge in [0.2, 0.25) is 0 Å². The van der Waals surface area contributed by atoms with E-state index in [1.165, 1.54) is 11.1 Å². The predicted molar refractivity (Wildman–Crippen MR) is 90.8 cm³/mol. The number of hydrogen-bond donors (Lipinski definition) is 1. The molecule has 0 aliphatic carbocycles. The van der Waals surface area contributed by atoms with Gasteiger partial charge in [-0.25, -0.2) is 4.79 Å². The molecule has 2 aromatic carbocycles. The number of anilines is 1. The third kappa shape index (κ3) is 3.37. The largest absolute Gasteiger partial charge is 0.322 e. The number of carbonyl (C=O) groups is 1. The molecular weight excluding hydrogens is 272 g/mol. The number of aryl methyl sites for hydroxylation is 1. The van der Waals surface area contributed by atoms with Crippen LogP contribution in [0.25, 0.3) is 5.57 Å². The lowest BCUT2D eigenvalue weighted by Gasteiger charge is -2.27. The SMILES string of the molecule is Cc1cccc(NC(=O)N2CC=C(c3ccccc3)CC2)c1. The molecule has 1 heterocycles. The van der Waals surface area contributed by atoms with E-state index in [2.05, 4.69) is 23.5 Å². The Labute approximate surface area is 131 Å². The fraction of sp³-hybridized carbons (Fsp3) is 0.211. The molecule has 2 amide bonds. The molecule has 0 atom stereocenters. The van der Waals surface area contributed by atoms with Crippen LogP contribution in [-0.2, 0) is 0 Å². The Morgan fingerprint density at radius 1 is 1.09 bits per heavy atom. The molecule has 112 valence electrons. The molecule has 2 aromatic rings. The molecule has 0 unspecified atom stereocenters. The Balaban J connectivity index is 1.63. The van der Waals surface area contributed by atoms with Gasteiger partial charge < -0.3 is 10.2 Å². The molecular formula is C19H20N2O. The maximum Gasteiger partial charge on any atom is 0.322 e. The van der Waals surface area contributed by atoms with Crippen LogP contribution >= 0.6 is 0 Å². The van der Waals surface area contributed by atoms with E-state index in [1.807, 2.05) is 54.3 Å². The number of hydrogen-bond acceptors (Lipinski definition) is 1. The normalized spacial score (nSPS) is 14.4. The minimum atomic E-state index is -0.0334. The van der Waals surface area contributed by atoms with E-state index in [0.29, 0.717) is 6.54 Å². The van der Waals surface area contributed by atoms with Crippen LogP contribution in [-0.4, -0.2) is 24.0 Å². The standard InChI is InChI=1S/C19H20N2O/c1-15-6-5-9-18(14-15)20-19(22)21-12-10-17(11-13-21)16-7-3-2-4-8-16/h2-10,14H,11-13H2,1H3,(H,20,22). The predicted octanol–water partition coefficient (Wildman–Crippen LogP) is 4.32. The molecule has 0 fully saturated rings. The monoisotopic (exact) mass is 292 g/mol. The summed E-state index contributed by atoms with van der Waals surface area (Å²) in [5, 5.41) is 2.96. The summed E-state index contributed by atoms with van der Waals surface area (Å²) in [5.41, 5.74) is 4.56. The number of nitrogens with zero attached hydrogens (tertiary/aromatic N) is 1. The van der Waals surface area contributed by atoms with Crippen LogP contribution < -0.4 is 5.32 Å². The van der Waals surface area contributed by atoms with Gasteiger partial charge in [0.1, 0.15) is 0 Å². The molecule has 0 spiro atoms. The van der Waals surface area contributed by atoms with Gasteiger partial charge in [0.25, 0.3) is 0 Å². The zero-order chi connectivity index (χ0) is 15.4. The second-order valence-corrected chi connectivity index (χ2v) is 5.59. The van der Waals surface area contributed by atoms with Gasteiger partial charge >= 0.3 is 6.03 Å². The topological polar surface area (TPSA) is 32.3 Å². The number of benzene rings is 2. The Morgan fingerprint density at radius 2 is 1.91 bits per heavy atom. The Kier molecular flexibility index (Phi) is 4.24. The highest BCUT2D eigenvalue weighted by molar-refractivity contribution is 5.90. The summed E-state index contributed by atoms with van der Waals surface area (Å²) in [4.78, 5) is 14.1. The molecule has 0 saturated heterocycles. The maximum atomic E-state index is 12.3. The maximum absolute atomic E-state index is 12.3. The van der Waals surface area contributed by atoms with E-state index in [1.54, 1.807) is 0 Å². The lowest BCUT2D eigenvalue weighted by atomic mass is 10.00. The quantitative estimate of drug-likeness (QED) is 0.878. The summed E-state index contributed by atoms with van der Waals surface area (Å²) in [6.45, 7) is 3.42. The summed E-state index contributed by atoms with van der Waals surface area (Å²) in [7, 11) is 0. The Hall–Kier alpha value is -2.55. The van der Waals surface area contributed by atoms with E-state index < -0.39 is 0 Å². The Morgan fingerprint density at radius 3 is 2.59 bits per heavy atom. The van der Waals surface area contributed by atoms with Gasteiger partial charge in [-0.3, -0.25) is 0 Å². The molecule has 3 rings (SSSR count). The first-order chi connectivity index (χ1) is 10.7. The number of amides is 2. The summed E-state index contributed by atoms with van der Waals surface area (Å²) in [6.07, 6.45) is 3.04. The number of carbonyl (C=O) groups excluding carboxylic acids is 1. The molecule has 1 aliphatic heterocycles. The van der Waals surface area contributed by atoms with Crippen LogP contribution in [0.2, 0.25) is 0 Å². The van der Waals surface area contributed by atoms with Crippen molar-refractivity contribution in [1.82, 2.24) is 4.90 Å². The minimum Gasteiger partial charge on any atom is -0.320 e. The van der Waals surface area contributed by atoms with Crippen molar-refractivity contribution < 1.29 is 4.79 Å². The lowest BCUT2D eigenvalue weighted by Crippen LogP contribution is -2.37. The van der Waals surface area contributed by atoms with Gasteiger partial charge in [0.15, 0.2) is 0 Å². The first-order valence-electron chi connectivity index (χ1n) is 7.59. The average Bonchev–Trinajstić information content (AvgIpc) is 2.56. The molecule has 1 N–H and O–H groups in total. The average molecular weight is 292 g/mol. The zero-order valence-corrected chi connectivity index (χ0v) is 12.8. The van der Waals surface area contributed by atoms with E-state index in [9.17, 15) is 4.79 Å². The number of urea groups is 1. The highest BCUT2D eigenvalue weighted by Gasteiger charge is 2.17. The van der Waals surface area contributed by atoms with E-state index >= 15 is 0 Å². The van der Waals surface area contributed by atoms with Crippen LogP contribution in [0.5, 0.6) is 0 Å². The van der Waals surface area contributed by atoms with Gasteiger partial charge in [-0.05, 0) is 42.2 Å². The third-order valence-corrected chi connectivity index (χ3v) is 3.91. The van der Waals surface area contributed by atoms with E-state index in [4.69, 9.17) is 0 Å². The van der Waals surface area contributed by atoms with Crippen LogP contribution in [0.4, 0.5) is 10.5 Å². The minimum absolute atomic E-state index is 0.0334. The second-order valence-electron chi connectivity index (χ2n) is 5.59. The van der Waals surface area contributed by atoms with Crippen LogP contribution in [0.1, 0.15) is 17.5 Å². The molecule has 3 heteroatoms. The molecule has 0 saturated carbocycles. The van der Waals surface area contributed by atoms with E-state index in [0.717, 1.165) is 24.2 Å². The van der Waals surface area contributed by atoms with Crippen LogP contribution in [0, 0.1) is 6.92 Å². The van der Waals surface area contributed by atoms with Gasteiger partial charge in [-0.15, -0.1) is 0 Å². The van der Waals surface area contributed by atoms with Crippen molar-refractivity contribution in [3.63, 3.8) is 0 Å². The third-order valence-electron chi connectivity index (χ3n) is 3.91. The lowest BCUT2D eigenvalue weighted by molar-refractivity contribution is 0.217. The molecule has 0 aromatic heterocycles. The zero-order valence-electron chi connectivity index (χ0n) is 12.8. The summed E-state index contributed by atoms with van der Waals surface area (Å²) >= 11 is 0. The van der Waals surface area contributed by atoms with E-state index in [-0.39, 0.29) is 6.03 Å². The van der Waals surface area contributed by atoms with Crippen molar-refractivity contribution in [1.29, 1.82) is 0 Å². The van der Waals surface area contributed by atoms with Gasteiger partial charge in [-0.2, -0.15) is 0 Å². The van der Waals surface area contributed by atoms with Gasteiger partial charge in [0.05, 0.1) is 0 Å². The van der Waals surface area contributed by atoms with Crippen molar-refractivity contribution >= 4 is 17.3 Å². The molecule has 1 aliphatic rings. The Bertz CT molecular complexity index is 692. The second kappa shape index (κ2) is 6.48. The first-order valence-corrected chi connectivity index (χ1v) is 7.59. The van der Waals surface area contributed by atoms with Gasteiger partial charge in [-0.1, -0.05) is 48.5 Å². The first kappa shape index (κ1) is 14.4. The van der Waals surface area contributed by atoms with Crippen LogP contribution in [0.3, 0.4) is 0 Å². The van der Waals surface area contributed by atoms with Crippen molar-refractivity contribution in [3.05, 3.63) is 71.8 Å². The van der Waals surface area contributed by atoms with Crippen LogP contribution in [0.15, 0.2) is 60.7 Å².